The topological polar surface area (TPSA) is 143 Å². The first kappa shape index (κ1) is 11.5. The molecule has 0 aliphatic rings. The van der Waals surface area contributed by atoms with Gasteiger partial charge in [0.2, 0.25) is 5.82 Å². The van der Waals surface area contributed by atoms with E-state index in [0.717, 1.165) is 0 Å². The summed E-state index contributed by atoms with van der Waals surface area (Å²) < 4.78 is 1.25. The van der Waals surface area contributed by atoms with Crippen LogP contribution in [-0.4, -0.2) is 25.6 Å². The van der Waals surface area contributed by atoms with E-state index in [1.54, 1.807) is 0 Å². The Kier molecular flexibility index (Phi) is 2.64. The molecule has 0 unspecified atom stereocenters. The summed E-state index contributed by atoms with van der Waals surface area (Å²) in [5, 5.41) is 14.4. The van der Waals surface area contributed by atoms with Crippen LogP contribution in [0.1, 0.15) is 10.4 Å². The van der Waals surface area contributed by atoms with E-state index in [1.807, 2.05) is 0 Å². The Morgan fingerprint density at radius 2 is 2.17 bits per heavy atom. The van der Waals surface area contributed by atoms with E-state index < -0.39 is 10.8 Å². The van der Waals surface area contributed by atoms with Crippen LogP contribution in [0.4, 0.5) is 11.5 Å². The molecule has 0 atom stereocenters. The molecule has 0 aromatic carbocycles. The number of rotatable bonds is 3. The van der Waals surface area contributed by atoms with E-state index in [9.17, 15) is 14.9 Å². The van der Waals surface area contributed by atoms with Gasteiger partial charge in [0.05, 0.1) is 16.7 Å². The molecule has 0 aliphatic carbocycles. The van der Waals surface area contributed by atoms with E-state index in [2.05, 4.69) is 10.1 Å². The van der Waals surface area contributed by atoms with Gasteiger partial charge in [-0.05, 0) is 6.07 Å². The second kappa shape index (κ2) is 4.13. The van der Waals surface area contributed by atoms with Gasteiger partial charge in [-0.3, -0.25) is 14.9 Å². The zero-order chi connectivity index (χ0) is 13.3. The Bertz CT molecular complexity index is 635. The monoisotopic (exact) mass is 248 g/mol. The van der Waals surface area contributed by atoms with Crippen molar-refractivity contribution in [3.05, 3.63) is 40.2 Å². The van der Waals surface area contributed by atoms with E-state index >= 15 is 0 Å². The Balaban J connectivity index is 2.42. The largest absolute Gasteiger partial charge is 0.378 e. The number of nitrogens with zero attached hydrogens (tertiary/aromatic N) is 4. The van der Waals surface area contributed by atoms with Gasteiger partial charge in [-0.2, -0.15) is 5.10 Å². The number of nitrogen functional groups attached to an aromatic ring is 1. The van der Waals surface area contributed by atoms with Gasteiger partial charge in [-0.15, -0.1) is 0 Å². The number of anilines is 1. The van der Waals surface area contributed by atoms with E-state index in [0.29, 0.717) is 0 Å². The Hall–Kier alpha value is -2.97. The number of nitro groups is 1. The number of carbonyl (C=O) groups excluding carboxylic acids is 1. The molecular weight excluding hydrogens is 240 g/mol. The summed E-state index contributed by atoms with van der Waals surface area (Å²) in [6.45, 7) is 0. The van der Waals surface area contributed by atoms with Crippen LogP contribution in [0.2, 0.25) is 0 Å². The van der Waals surface area contributed by atoms with Crippen LogP contribution in [-0.2, 0) is 0 Å². The minimum absolute atomic E-state index is 0.203. The van der Waals surface area contributed by atoms with Crippen molar-refractivity contribution < 1.29 is 9.72 Å². The maximum Gasteiger partial charge on any atom is 0.311 e. The van der Waals surface area contributed by atoms with Crippen molar-refractivity contribution in [2.24, 2.45) is 5.73 Å². The summed E-state index contributed by atoms with van der Waals surface area (Å²) in [5.41, 5.74) is 10.4. The fraction of sp³-hybridized carbons (Fsp3) is 0. The highest BCUT2D eigenvalue weighted by Crippen LogP contribution is 2.20. The van der Waals surface area contributed by atoms with Crippen LogP contribution in [0.25, 0.3) is 5.82 Å². The van der Waals surface area contributed by atoms with E-state index in [4.69, 9.17) is 11.5 Å². The van der Waals surface area contributed by atoms with Gasteiger partial charge in [-0.1, -0.05) is 0 Å². The summed E-state index contributed by atoms with van der Waals surface area (Å²) in [7, 11) is 0. The minimum Gasteiger partial charge on any atom is -0.378 e. The SMILES string of the molecule is NC(=O)c1cnn(-c2ccc([N+](=O)[O-])c(N)n2)c1. The molecule has 0 bridgehead atoms. The average molecular weight is 248 g/mol. The molecule has 2 aromatic heterocycles. The predicted molar refractivity (Wildman–Crippen MR) is 60.9 cm³/mol. The Labute approximate surface area is 100 Å². The van der Waals surface area contributed by atoms with Crippen molar-refractivity contribution in [1.29, 1.82) is 0 Å². The number of aromatic nitrogens is 3. The molecule has 9 nitrogen and oxygen atoms in total. The molecule has 2 heterocycles. The van der Waals surface area contributed by atoms with Crippen LogP contribution < -0.4 is 11.5 Å². The summed E-state index contributed by atoms with van der Waals surface area (Å²) in [4.78, 5) is 24.6. The second-order valence-corrected chi connectivity index (χ2v) is 3.37. The van der Waals surface area contributed by atoms with Gasteiger partial charge in [0.1, 0.15) is 0 Å². The van der Waals surface area contributed by atoms with Crippen LogP contribution in [0.15, 0.2) is 24.5 Å². The molecule has 0 spiro atoms. The smallest absolute Gasteiger partial charge is 0.311 e. The highest BCUT2D eigenvalue weighted by Gasteiger charge is 2.14. The number of pyridine rings is 1. The molecule has 9 heteroatoms. The van der Waals surface area contributed by atoms with Gasteiger partial charge in [0.25, 0.3) is 5.91 Å². The zero-order valence-electron chi connectivity index (χ0n) is 8.98. The van der Waals surface area contributed by atoms with Crippen molar-refractivity contribution in [2.45, 2.75) is 0 Å². The second-order valence-electron chi connectivity index (χ2n) is 3.37. The molecule has 2 aromatic rings. The summed E-state index contributed by atoms with van der Waals surface area (Å²) >= 11 is 0. The lowest BCUT2D eigenvalue weighted by molar-refractivity contribution is -0.384. The van der Waals surface area contributed by atoms with Crippen molar-refractivity contribution >= 4 is 17.4 Å². The summed E-state index contributed by atoms with van der Waals surface area (Å²) in [6.07, 6.45) is 2.62. The third-order valence-electron chi connectivity index (χ3n) is 2.19. The van der Waals surface area contributed by atoms with Gasteiger partial charge < -0.3 is 11.5 Å². The normalized spacial score (nSPS) is 10.2. The van der Waals surface area contributed by atoms with E-state index in [-0.39, 0.29) is 22.9 Å². The first-order valence-corrected chi connectivity index (χ1v) is 4.75. The zero-order valence-corrected chi connectivity index (χ0v) is 8.98. The molecule has 0 radical (unpaired) electrons. The molecule has 92 valence electrons. The van der Waals surface area contributed by atoms with Gasteiger partial charge in [0.15, 0.2) is 5.82 Å². The van der Waals surface area contributed by atoms with Crippen LogP contribution >= 0.6 is 0 Å². The van der Waals surface area contributed by atoms with Crippen molar-refractivity contribution in [1.82, 2.24) is 14.8 Å². The molecule has 0 fully saturated rings. The highest BCUT2D eigenvalue weighted by atomic mass is 16.6. The Morgan fingerprint density at radius 3 is 2.67 bits per heavy atom. The molecule has 2 rings (SSSR count). The number of carbonyl (C=O) groups is 1. The van der Waals surface area contributed by atoms with Gasteiger partial charge in [-0.25, -0.2) is 9.67 Å². The molecule has 0 aliphatic heterocycles. The maximum absolute atomic E-state index is 10.9. The molecule has 18 heavy (non-hydrogen) atoms. The molecule has 0 saturated carbocycles. The number of amides is 1. The van der Waals surface area contributed by atoms with Crippen molar-refractivity contribution in [3.63, 3.8) is 0 Å². The van der Waals surface area contributed by atoms with Crippen molar-refractivity contribution in [3.8, 4) is 5.82 Å². The third kappa shape index (κ3) is 1.96. The first-order valence-electron chi connectivity index (χ1n) is 4.75. The fourth-order valence-corrected chi connectivity index (χ4v) is 1.31. The van der Waals surface area contributed by atoms with Gasteiger partial charge in [0, 0.05) is 12.3 Å². The van der Waals surface area contributed by atoms with Crippen LogP contribution in [0, 0.1) is 10.1 Å². The minimum atomic E-state index is -0.635. The van der Waals surface area contributed by atoms with Crippen molar-refractivity contribution in [2.75, 3.05) is 5.73 Å². The summed E-state index contributed by atoms with van der Waals surface area (Å²) in [5.74, 6) is -0.602. The fourth-order valence-electron chi connectivity index (χ4n) is 1.31. The number of hydrogen-bond acceptors (Lipinski definition) is 6. The average Bonchev–Trinajstić information content (AvgIpc) is 2.77. The van der Waals surface area contributed by atoms with Gasteiger partial charge >= 0.3 is 5.69 Å². The highest BCUT2D eigenvalue weighted by molar-refractivity contribution is 5.92. The summed E-state index contributed by atoms with van der Waals surface area (Å²) in [6, 6.07) is 2.58. The third-order valence-corrected chi connectivity index (χ3v) is 2.19. The predicted octanol–water partition coefficient (Wildman–Crippen LogP) is -0.143. The molecule has 1 amide bonds. The van der Waals surface area contributed by atoms with Crippen LogP contribution in [0.3, 0.4) is 0 Å². The number of nitrogens with two attached hydrogens (primary N) is 2. The molecule has 0 saturated heterocycles. The quantitative estimate of drug-likeness (QED) is 0.571. The lowest BCUT2D eigenvalue weighted by Gasteiger charge is -2.01. The Morgan fingerprint density at radius 1 is 1.44 bits per heavy atom. The molecular formula is C9H8N6O3. The van der Waals surface area contributed by atoms with E-state index in [1.165, 1.54) is 29.2 Å². The molecule has 4 N–H and O–H groups in total. The number of hydrogen-bond donors (Lipinski definition) is 2. The standard InChI is InChI=1S/C9H8N6O3/c10-8-6(15(17)18)1-2-7(13-8)14-4-5(3-12-14)9(11)16/h1-4H,(H2,10,13)(H2,11,16). The lowest BCUT2D eigenvalue weighted by Crippen LogP contribution is -2.09. The number of primary amides is 1. The first-order chi connectivity index (χ1) is 8.49. The van der Waals surface area contributed by atoms with Crippen LogP contribution in [0.5, 0.6) is 0 Å². The maximum atomic E-state index is 10.9. The lowest BCUT2D eigenvalue weighted by atomic mass is 10.3.